The number of nitro groups is 1. The Morgan fingerprint density at radius 1 is 1.14 bits per heavy atom. The second-order valence-electron chi connectivity index (χ2n) is 6.70. The molecular formula is C20H20N4O4S. The van der Waals surface area contributed by atoms with Gasteiger partial charge in [0.2, 0.25) is 5.91 Å². The van der Waals surface area contributed by atoms with E-state index in [4.69, 9.17) is 0 Å². The predicted molar refractivity (Wildman–Crippen MR) is 113 cm³/mol. The van der Waals surface area contributed by atoms with Crippen molar-refractivity contribution in [3.8, 4) is 0 Å². The number of anilines is 1. The molecule has 0 saturated carbocycles. The van der Waals surface area contributed by atoms with E-state index in [-0.39, 0.29) is 23.0 Å². The summed E-state index contributed by atoms with van der Waals surface area (Å²) >= 11 is 1.14. The minimum atomic E-state index is -0.632. The molecule has 1 N–H and O–H groups in total. The SMILES string of the molecule is CC(C)n1c(S[C@H](C)C(=O)Nc2ccccc2[N+](=O)[O-])nc2ccccc2c1=O. The summed E-state index contributed by atoms with van der Waals surface area (Å²) in [6, 6.07) is 12.9. The van der Waals surface area contributed by atoms with Gasteiger partial charge in [0.25, 0.3) is 11.2 Å². The largest absolute Gasteiger partial charge is 0.319 e. The van der Waals surface area contributed by atoms with E-state index in [0.29, 0.717) is 16.1 Å². The minimum absolute atomic E-state index is 0.127. The number of carbonyl (C=O) groups is 1. The van der Waals surface area contributed by atoms with Gasteiger partial charge >= 0.3 is 0 Å². The van der Waals surface area contributed by atoms with Crippen LogP contribution < -0.4 is 10.9 Å². The standard InChI is InChI=1S/C20H20N4O4S/c1-12(2)23-19(26)14-8-4-5-9-15(14)22-20(23)29-13(3)18(25)21-16-10-6-7-11-17(16)24(27)28/h4-13H,1-3H3,(H,21,25)/t13-/m1/s1. The molecule has 1 atom stereocenters. The molecule has 9 heteroatoms. The van der Waals surface area contributed by atoms with Crippen LogP contribution in [0, 0.1) is 10.1 Å². The third-order valence-corrected chi connectivity index (χ3v) is 5.37. The molecule has 8 nitrogen and oxygen atoms in total. The van der Waals surface area contributed by atoms with Crippen LogP contribution in [-0.2, 0) is 4.79 Å². The minimum Gasteiger partial charge on any atom is -0.319 e. The van der Waals surface area contributed by atoms with E-state index in [2.05, 4.69) is 10.3 Å². The number of para-hydroxylation sites is 3. The number of amides is 1. The lowest BCUT2D eigenvalue weighted by molar-refractivity contribution is -0.383. The number of carbonyl (C=O) groups excluding carboxylic acids is 1. The van der Waals surface area contributed by atoms with Crippen molar-refractivity contribution in [1.29, 1.82) is 0 Å². The van der Waals surface area contributed by atoms with Crippen molar-refractivity contribution < 1.29 is 9.72 Å². The summed E-state index contributed by atoms with van der Waals surface area (Å²) in [5.41, 5.74) is 0.339. The predicted octanol–water partition coefficient (Wildman–Crippen LogP) is 4.00. The molecule has 1 amide bonds. The molecule has 3 aromatic rings. The summed E-state index contributed by atoms with van der Waals surface area (Å²) in [5.74, 6) is -0.415. The summed E-state index contributed by atoms with van der Waals surface area (Å²) in [6.45, 7) is 5.42. The third kappa shape index (κ3) is 4.29. The van der Waals surface area contributed by atoms with Crippen LogP contribution in [0.2, 0.25) is 0 Å². The first-order chi connectivity index (χ1) is 13.8. The summed E-state index contributed by atoms with van der Waals surface area (Å²) in [5, 5.41) is 14.1. The molecule has 0 aliphatic heterocycles. The zero-order chi connectivity index (χ0) is 21.1. The summed E-state index contributed by atoms with van der Waals surface area (Å²) < 4.78 is 1.56. The van der Waals surface area contributed by atoms with Gasteiger partial charge in [-0.3, -0.25) is 24.3 Å². The first kappa shape index (κ1) is 20.5. The molecule has 0 aliphatic rings. The van der Waals surface area contributed by atoms with E-state index in [1.54, 1.807) is 41.8 Å². The van der Waals surface area contributed by atoms with Crippen molar-refractivity contribution in [1.82, 2.24) is 9.55 Å². The second-order valence-corrected chi connectivity index (χ2v) is 8.01. The van der Waals surface area contributed by atoms with Gasteiger partial charge in [0.1, 0.15) is 5.69 Å². The molecule has 29 heavy (non-hydrogen) atoms. The summed E-state index contributed by atoms with van der Waals surface area (Å²) in [7, 11) is 0. The van der Waals surface area contributed by atoms with Crippen molar-refractivity contribution in [2.75, 3.05) is 5.32 Å². The normalized spacial score (nSPS) is 12.1. The number of nitrogens with one attached hydrogen (secondary N) is 1. The highest BCUT2D eigenvalue weighted by atomic mass is 32.2. The van der Waals surface area contributed by atoms with Gasteiger partial charge in [-0.25, -0.2) is 4.98 Å². The lowest BCUT2D eigenvalue weighted by atomic mass is 10.2. The number of aromatic nitrogens is 2. The second kappa shape index (κ2) is 8.44. The van der Waals surface area contributed by atoms with Gasteiger partial charge < -0.3 is 5.32 Å². The highest BCUT2D eigenvalue weighted by Gasteiger charge is 2.23. The molecule has 2 aromatic carbocycles. The molecule has 0 aliphatic carbocycles. The van der Waals surface area contributed by atoms with Crippen LogP contribution in [0.3, 0.4) is 0 Å². The molecule has 0 fully saturated rings. The topological polar surface area (TPSA) is 107 Å². The Morgan fingerprint density at radius 2 is 1.79 bits per heavy atom. The van der Waals surface area contributed by atoms with Gasteiger partial charge in [0.15, 0.2) is 5.16 Å². The number of nitro benzene ring substituents is 1. The highest BCUT2D eigenvalue weighted by Crippen LogP contribution is 2.28. The number of fused-ring (bicyclic) bond motifs is 1. The maximum atomic E-state index is 12.9. The molecule has 0 spiro atoms. The van der Waals surface area contributed by atoms with Crippen molar-refractivity contribution in [2.24, 2.45) is 0 Å². The first-order valence-electron chi connectivity index (χ1n) is 9.01. The molecule has 3 rings (SSSR count). The lowest BCUT2D eigenvalue weighted by Gasteiger charge is -2.18. The summed E-state index contributed by atoms with van der Waals surface area (Å²) in [4.78, 5) is 40.7. The van der Waals surface area contributed by atoms with E-state index in [0.717, 1.165) is 11.8 Å². The van der Waals surface area contributed by atoms with Gasteiger partial charge in [-0.15, -0.1) is 0 Å². The molecule has 0 bridgehead atoms. The van der Waals surface area contributed by atoms with Crippen molar-refractivity contribution >= 4 is 39.9 Å². The van der Waals surface area contributed by atoms with Crippen LogP contribution >= 0.6 is 11.8 Å². The Hall–Kier alpha value is -3.20. The van der Waals surface area contributed by atoms with Gasteiger partial charge in [-0.05, 0) is 39.0 Å². The fourth-order valence-electron chi connectivity index (χ4n) is 2.85. The molecule has 0 radical (unpaired) electrons. The van der Waals surface area contributed by atoms with Crippen LogP contribution in [0.5, 0.6) is 0 Å². The number of thioether (sulfide) groups is 1. The zero-order valence-electron chi connectivity index (χ0n) is 16.2. The molecule has 1 heterocycles. The van der Waals surface area contributed by atoms with Crippen LogP contribution in [0.4, 0.5) is 11.4 Å². The summed E-state index contributed by atoms with van der Waals surface area (Å²) in [6.07, 6.45) is 0. The number of rotatable bonds is 6. The van der Waals surface area contributed by atoms with Crippen molar-refractivity contribution in [2.45, 2.75) is 37.2 Å². The van der Waals surface area contributed by atoms with Gasteiger partial charge in [-0.1, -0.05) is 36.0 Å². The Morgan fingerprint density at radius 3 is 2.48 bits per heavy atom. The fourth-order valence-corrected chi connectivity index (χ4v) is 3.89. The monoisotopic (exact) mass is 412 g/mol. The molecule has 0 saturated heterocycles. The number of hydrogen-bond acceptors (Lipinski definition) is 6. The zero-order valence-corrected chi connectivity index (χ0v) is 17.0. The molecular weight excluding hydrogens is 392 g/mol. The van der Waals surface area contributed by atoms with Crippen molar-refractivity contribution in [3.05, 3.63) is 69.0 Å². The quantitative estimate of drug-likeness (QED) is 0.284. The maximum absolute atomic E-state index is 12.9. The number of nitrogens with zero attached hydrogens (tertiary/aromatic N) is 3. The highest BCUT2D eigenvalue weighted by molar-refractivity contribution is 8.00. The van der Waals surface area contributed by atoms with Crippen LogP contribution in [0.15, 0.2) is 58.5 Å². The van der Waals surface area contributed by atoms with Gasteiger partial charge in [0.05, 0.1) is 21.1 Å². The lowest BCUT2D eigenvalue weighted by Crippen LogP contribution is -2.28. The number of benzene rings is 2. The average Bonchev–Trinajstić information content (AvgIpc) is 2.68. The Labute approximate surface area is 171 Å². The Balaban J connectivity index is 1.91. The van der Waals surface area contributed by atoms with E-state index >= 15 is 0 Å². The first-order valence-corrected chi connectivity index (χ1v) is 9.89. The molecule has 1 aromatic heterocycles. The van der Waals surface area contributed by atoms with Gasteiger partial charge in [0, 0.05) is 12.1 Å². The average molecular weight is 412 g/mol. The van der Waals surface area contributed by atoms with Crippen LogP contribution in [0.1, 0.15) is 26.8 Å². The Bertz CT molecular complexity index is 1140. The maximum Gasteiger partial charge on any atom is 0.292 e. The Kier molecular flexibility index (Phi) is 5.97. The van der Waals surface area contributed by atoms with E-state index in [1.165, 1.54) is 18.2 Å². The number of hydrogen-bond donors (Lipinski definition) is 1. The third-order valence-electron chi connectivity index (χ3n) is 4.30. The smallest absolute Gasteiger partial charge is 0.292 e. The van der Waals surface area contributed by atoms with Gasteiger partial charge in [-0.2, -0.15) is 0 Å². The van der Waals surface area contributed by atoms with Crippen LogP contribution in [0.25, 0.3) is 10.9 Å². The van der Waals surface area contributed by atoms with E-state index < -0.39 is 16.1 Å². The fraction of sp³-hybridized carbons (Fsp3) is 0.250. The van der Waals surface area contributed by atoms with Crippen LogP contribution in [-0.4, -0.2) is 25.6 Å². The molecule has 0 unspecified atom stereocenters. The van der Waals surface area contributed by atoms with E-state index in [1.807, 2.05) is 13.8 Å². The van der Waals surface area contributed by atoms with Crippen molar-refractivity contribution in [3.63, 3.8) is 0 Å². The molecule has 150 valence electrons. The van der Waals surface area contributed by atoms with E-state index in [9.17, 15) is 19.7 Å².